The number of carbonyl (C=O) groups excluding carboxylic acids is 1. The lowest BCUT2D eigenvalue weighted by atomic mass is 9.96. The van der Waals surface area contributed by atoms with Gasteiger partial charge in [-0.2, -0.15) is 10.5 Å². The first-order valence-electron chi connectivity index (χ1n) is 10.2. The quantitative estimate of drug-likeness (QED) is 0.425. The molecule has 0 aliphatic carbocycles. The minimum absolute atomic E-state index is 0.0318. The number of pyridine rings is 2. The number of amides is 1. The zero-order valence-electron chi connectivity index (χ0n) is 19.3. The monoisotopic (exact) mass is 490 g/mol. The van der Waals surface area contributed by atoms with Crippen LogP contribution < -0.4 is 25.3 Å². The Kier molecular flexibility index (Phi) is 8.33. The molecule has 0 saturated carbocycles. The largest absolute Gasteiger partial charge is 0.493 e. The number of hydrogen-bond donors (Lipinski definition) is 2. The molecule has 0 saturated heterocycles. The van der Waals surface area contributed by atoms with Crippen LogP contribution in [0.3, 0.4) is 0 Å². The summed E-state index contributed by atoms with van der Waals surface area (Å²) in [4.78, 5) is 20.6. The van der Waals surface area contributed by atoms with Gasteiger partial charge in [0.15, 0.2) is 11.5 Å². The molecule has 2 heterocycles. The maximum atomic E-state index is 12.3. The Labute approximate surface area is 206 Å². The van der Waals surface area contributed by atoms with Crippen molar-refractivity contribution in [2.24, 2.45) is 0 Å². The molecule has 3 N–H and O–H groups in total. The first-order chi connectivity index (χ1) is 17.0. The fraction of sp³-hybridized carbons (Fsp3) is 0.208. The van der Waals surface area contributed by atoms with Crippen LogP contribution in [0.2, 0.25) is 0 Å². The summed E-state index contributed by atoms with van der Waals surface area (Å²) in [6, 6.07) is 12.6. The Hall–Kier alpha value is -4.48. The van der Waals surface area contributed by atoms with Gasteiger partial charge in [-0.25, -0.2) is 9.97 Å². The van der Waals surface area contributed by atoms with E-state index in [0.717, 1.165) is 0 Å². The molecule has 3 rings (SSSR count). The van der Waals surface area contributed by atoms with Gasteiger partial charge >= 0.3 is 0 Å². The Morgan fingerprint density at radius 3 is 2.31 bits per heavy atom. The van der Waals surface area contributed by atoms with Gasteiger partial charge in [0.05, 0.1) is 26.9 Å². The Morgan fingerprint density at radius 2 is 1.77 bits per heavy atom. The number of nitrogens with zero attached hydrogens (tertiary/aromatic N) is 4. The van der Waals surface area contributed by atoms with Crippen molar-refractivity contribution in [3.8, 4) is 40.5 Å². The number of ether oxygens (including phenoxy) is 3. The van der Waals surface area contributed by atoms with E-state index in [-0.39, 0.29) is 29.3 Å². The molecule has 1 amide bonds. The van der Waals surface area contributed by atoms with E-state index in [2.05, 4.69) is 21.4 Å². The number of thioether (sulfide) groups is 1. The number of nitrogen functional groups attached to an aromatic ring is 1. The van der Waals surface area contributed by atoms with E-state index in [1.807, 2.05) is 6.07 Å². The molecule has 0 bridgehead atoms. The highest BCUT2D eigenvalue weighted by atomic mass is 32.2. The number of rotatable bonds is 9. The SMILES string of the molecule is COc1cc(-c2c(C#N)c(N)nc(SCCC(=O)Nc3ccccn3)c2C#N)cc(OC)c1OC. The number of benzene rings is 1. The van der Waals surface area contributed by atoms with E-state index in [1.54, 1.807) is 36.5 Å². The molecule has 0 aliphatic rings. The topological polar surface area (TPSA) is 156 Å². The summed E-state index contributed by atoms with van der Waals surface area (Å²) in [6.45, 7) is 0. The molecule has 3 aromatic rings. The van der Waals surface area contributed by atoms with Crippen molar-refractivity contribution in [2.75, 3.05) is 38.1 Å². The first kappa shape index (κ1) is 25.1. The van der Waals surface area contributed by atoms with Crippen molar-refractivity contribution < 1.29 is 19.0 Å². The van der Waals surface area contributed by atoms with E-state index in [1.165, 1.54) is 33.1 Å². The highest BCUT2D eigenvalue weighted by Gasteiger charge is 2.23. The van der Waals surface area contributed by atoms with Crippen LogP contribution in [0, 0.1) is 22.7 Å². The van der Waals surface area contributed by atoms with Gasteiger partial charge in [0.1, 0.15) is 34.4 Å². The van der Waals surface area contributed by atoms with Crippen molar-refractivity contribution in [1.29, 1.82) is 10.5 Å². The molecule has 0 unspecified atom stereocenters. The molecule has 1 aromatic carbocycles. The molecule has 0 spiro atoms. The normalized spacial score (nSPS) is 10.1. The molecule has 10 nitrogen and oxygen atoms in total. The lowest BCUT2D eigenvalue weighted by Gasteiger charge is -2.17. The number of hydrogen-bond acceptors (Lipinski definition) is 10. The van der Waals surface area contributed by atoms with Crippen LogP contribution in [-0.4, -0.2) is 43.0 Å². The predicted octanol–water partition coefficient (Wildman–Crippen LogP) is 3.62. The molecule has 178 valence electrons. The first-order valence-corrected chi connectivity index (χ1v) is 11.2. The van der Waals surface area contributed by atoms with Crippen LogP contribution in [-0.2, 0) is 4.79 Å². The molecule has 11 heteroatoms. The maximum Gasteiger partial charge on any atom is 0.226 e. The van der Waals surface area contributed by atoms with Crippen LogP contribution in [0.15, 0.2) is 41.6 Å². The molecule has 0 fully saturated rings. The Bertz CT molecular complexity index is 1290. The van der Waals surface area contributed by atoms with Gasteiger partial charge < -0.3 is 25.3 Å². The van der Waals surface area contributed by atoms with Crippen LogP contribution in [0.5, 0.6) is 17.2 Å². The van der Waals surface area contributed by atoms with Crippen molar-refractivity contribution in [3.05, 3.63) is 47.7 Å². The van der Waals surface area contributed by atoms with Crippen molar-refractivity contribution >= 4 is 29.3 Å². The minimum Gasteiger partial charge on any atom is -0.493 e. The molecule has 0 atom stereocenters. The van der Waals surface area contributed by atoms with Crippen LogP contribution in [0.1, 0.15) is 17.5 Å². The molecule has 35 heavy (non-hydrogen) atoms. The number of methoxy groups -OCH3 is 3. The highest BCUT2D eigenvalue weighted by molar-refractivity contribution is 7.99. The van der Waals surface area contributed by atoms with Gasteiger partial charge in [0.2, 0.25) is 11.7 Å². The third kappa shape index (κ3) is 5.54. The predicted molar refractivity (Wildman–Crippen MR) is 131 cm³/mol. The van der Waals surface area contributed by atoms with Crippen molar-refractivity contribution in [3.63, 3.8) is 0 Å². The number of carbonyl (C=O) groups is 1. The zero-order valence-corrected chi connectivity index (χ0v) is 20.1. The highest BCUT2D eigenvalue weighted by Crippen LogP contribution is 2.44. The van der Waals surface area contributed by atoms with Gasteiger partial charge in [-0.05, 0) is 29.8 Å². The Balaban J connectivity index is 1.97. The second-order valence-electron chi connectivity index (χ2n) is 6.93. The van der Waals surface area contributed by atoms with Gasteiger partial charge in [-0.1, -0.05) is 6.07 Å². The summed E-state index contributed by atoms with van der Waals surface area (Å²) in [7, 11) is 4.41. The van der Waals surface area contributed by atoms with Crippen LogP contribution in [0.25, 0.3) is 11.1 Å². The summed E-state index contributed by atoms with van der Waals surface area (Å²) >= 11 is 1.19. The van der Waals surface area contributed by atoms with Crippen LogP contribution >= 0.6 is 11.8 Å². The van der Waals surface area contributed by atoms with E-state index in [4.69, 9.17) is 19.9 Å². The van der Waals surface area contributed by atoms with E-state index < -0.39 is 0 Å². The number of nitrogens with two attached hydrogens (primary N) is 1. The summed E-state index contributed by atoms with van der Waals surface area (Å²) < 4.78 is 16.2. The maximum absolute atomic E-state index is 12.3. The number of aromatic nitrogens is 2. The van der Waals surface area contributed by atoms with E-state index in [9.17, 15) is 15.3 Å². The molecule has 0 aliphatic heterocycles. The second kappa shape index (κ2) is 11.6. The molecule has 2 aromatic heterocycles. The van der Waals surface area contributed by atoms with Gasteiger partial charge in [0, 0.05) is 23.9 Å². The van der Waals surface area contributed by atoms with Crippen molar-refractivity contribution in [2.45, 2.75) is 11.4 Å². The summed E-state index contributed by atoms with van der Waals surface area (Å²) in [5.41, 5.74) is 7.06. The smallest absolute Gasteiger partial charge is 0.226 e. The number of nitrogens with one attached hydrogen (secondary N) is 1. The lowest BCUT2D eigenvalue weighted by Crippen LogP contribution is -2.13. The average Bonchev–Trinajstić information content (AvgIpc) is 2.87. The van der Waals surface area contributed by atoms with E-state index in [0.29, 0.717) is 45.0 Å². The fourth-order valence-corrected chi connectivity index (χ4v) is 4.23. The lowest BCUT2D eigenvalue weighted by molar-refractivity contribution is -0.115. The van der Waals surface area contributed by atoms with E-state index >= 15 is 0 Å². The zero-order chi connectivity index (χ0) is 25.4. The summed E-state index contributed by atoms with van der Waals surface area (Å²) in [6.07, 6.45) is 1.73. The minimum atomic E-state index is -0.235. The van der Waals surface area contributed by atoms with Gasteiger partial charge in [0.25, 0.3) is 0 Å². The molecule has 0 radical (unpaired) electrons. The average molecular weight is 491 g/mol. The third-order valence-corrected chi connectivity index (χ3v) is 5.85. The summed E-state index contributed by atoms with van der Waals surface area (Å²) in [5.74, 6) is 1.57. The molecular formula is C24H22N6O4S. The molecular weight excluding hydrogens is 468 g/mol. The third-order valence-electron chi connectivity index (χ3n) is 4.87. The van der Waals surface area contributed by atoms with Crippen molar-refractivity contribution in [1.82, 2.24) is 9.97 Å². The number of nitriles is 2. The summed E-state index contributed by atoms with van der Waals surface area (Å²) in [5, 5.41) is 22.8. The standard InChI is InChI=1S/C24H22N6O4S/c1-32-17-10-14(11-18(33-2)22(17)34-3)21-15(12-25)23(27)30-24(16(21)13-26)35-9-7-20(31)29-19-6-4-5-8-28-19/h4-6,8,10-11H,7,9H2,1-3H3,(H2,27,30)(H,28,29,31). The van der Waals surface area contributed by atoms with Gasteiger partial charge in [-0.3, -0.25) is 4.79 Å². The fourth-order valence-electron chi connectivity index (χ4n) is 3.30. The number of anilines is 2. The second-order valence-corrected chi connectivity index (χ2v) is 8.01. The van der Waals surface area contributed by atoms with Gasteiger partial charge in [-0.15, -0.1) is 11.8 Å². The Morgan fingerprint density at radius 1 is 1.09 bits per heavy atom. The van der Waals surface area contributed by atoms with Crippen LogP contribution in [0.4, 0.5) is 11.6 Å².